The largest absolute Gasteiger partial charge is 0.416 e. The molecule has 0 saturated carbocycles. The van der Waals surface area contributed by atoms with Gasteiger partial charge in [0.15, 0.2) is 0 Å². The van der Waals surface area contributed by atoms with Gasteiger partial charge in [-0.1, -0.05) is 42.5 Å². The molecule has 188 valence electrons. The first-order valence-electron chi connectivity index (χ1n) is 11.8. The summed E-state index contributed by atoms with van der Waals surface area (Å²) in [6.45, 7) is 2.01. The van der Waals surface area contributed by atoms with Crippen molar-refractivity contribution in [2.75, 3.05) is 23.8 Å². The number of halogens is 3. The van der Waals surface area contributed by atoms with Crippen LogP contribution in [0.5, 0.6) is 0 Å². The van der Waals surface area contributed by atoms with Crippen molar-refractivity contribution in [2.45, 2.75) is 32.1 Å². The molecule has 8 heteroatoms. The topological polar surface area (TPSA) is 52.7 Å². The first kappa shape index (κ1) is 25.3. The summed E-state index contributed by atoms with van der Waals surface area (Å²) >= 11 is 0. The van der Waals surface area contributed by atoms with E-state index in [4.69, 9.17) is 0 Å². The lowest BCUT2D eigenvalue weighted by atomic mass is 9.91. The molecule has 0 aliphatic carbocycles. The van der Waals surface area contributed by atoms with Crippen LogP contribution in [-0.4, -0.2) is 36.5 Å². The van der Waals surface area contributed by atoms with Crippen molar-refractivity contribution in [2.24, 2.45) is 5.92 Å². The molecule has 1 aliphatic rings. The van der Waals surface area contributed by atoms with E-state index in [1.807, 2.05) is 41.3 Å². The van der Waals surface area contributed by atoms with Crippen LogP contribution >= 0.6 is 0 Å². The molecular weight excluding hydrogens is 467 g/mol. The van der Waals surface area contributed by atoms with Crippen LogP contribution in [0.25, 0.3) is 0 Å². The second kappa shape index (κ2) is 10.4. The summed E-state index contributed by atoms with van der Waals surface area (Å²) in [5.74, 6) is -1.33. The van der Waals surface area contributed by atoms with Gasteiger partial charge in [0.1, 0.15) is 6.17 Å². The first-order valence-corrected chi connectivity index (χ1v) is 11.8. The lowest BCUT2D eigenvalue weighted by Crippen LogP contribution is -2.58. The third kappa shape index (κ3) is 5.37. The Morgan fingerprint density at radius 3 is 2.25 bits per heavy atom. The van der Waals surface area contributed by atoms with E-state index in [1.165, 1.54) is 19.1 Å². The summed E-state index contributed by atoms with van der Waals surface area (Å²) in [5.41, 5.74) is 0.723. The molecule has 3 aromatic carbocycles. The molecule has 1 aliphatic heterocycles. The average molecular weight is 496 g/mol. The minimum atomic E-state index is -4.52. The number of nitrogens with one attached hydrogen (secondary N) is 1. The zero-order valence-electron chi connectivity index (χ0n) is 20.1. The van der Waals surface area contributed by atoms with E-state index in [9.17, 15) is 22.8 Å². The smallest absolute Gasteiger partial charge is 0.350 e. The zero-order valence-corrected chi connectivity index (χ0v) is 20.1. The maximum absolute atomic E-state index is 13.5. The summed E-state index contributed by atoms with van der Waals surface area (Å²) in [6, 6.07) is 22.1. The summed E-state index contributed by atoms with van der Waals surface area (Å²) in [7, 11) is 1.66. The fourth-order valence-electron chi connectivity index (χ4n) is 4.77. The van der Waals surface area contributed by atoms with Gasteiger partial charge in [-0.05, 0) is 61.7 Å². The van der Waals surface area contributed by atoms with E-state index in [1.54, 1.807) is 36.2 Å². The fourth-order valence-corrected chi connectivity index (χ4v) is 4.77. The van der Waals surface area contributed by atoms with Gasteiger partial charge in [-0.3, -0.25) is 9.59 Å². The Hall–Kier alpha value is -3.81. The Morgan fingerprint density at radius 2 is 1.61 bits per heavy atom. The Kier molecular flexibility index (Phi) is 7.33. The molecule has 0 bridgehead atoms. The third-order valence-corrected chi connectivity index (χ3v) is 6.57. The summed E-state index contributed by atoms with van der Waals surface area (Å²) in [4.78, 5) is 30.5. The maximum Gasteiger partial charge on any atom is 0.416 e. The number of amides is 2. The van der Waals surface area contributed by atoms with E-state index in [-0.39, 0.29) is 17.2 Å². The van der Waals surface area contributed by atoms with E-state index < -0.39 is 29.7 Å². The number of benzene rings is 3. The van der Waals surface area contributed by atoms with Gasteiger partial charge in [-0.25, -0.2) is 0 Å². The number of rotatable bonds is 5. The number of hydrogen-bond donors (Lipinski definition) is 1. The fraction of sp³-hybridized carbons (Fsp3) is 0.286. The monoisotopic (exact) mass is 495 g/mol. The lowest BCUT2D eigenvalue weighted by Gasteiger charge is -2.46. The molecule has 2 unspecified atom stereocenters. The summed E-state index contributed by atoms with van der Waals surface area (Å²) < 4.78 is 40.2. The number of nitrogens with zero attached hydrogens (tertiary/aromatic N) is 2. The molecule has 1 heterocycles. The van der Waals surface area contributed by atoms with Crippen molar-refractivity contribution in [3.63, 3.8) is 0 Å². The normalized spacial score (nSPS) is 18.0. The molecule has 1 N–H and O–H groups in total. The van der Waals surface area contributed by atoms with Crippen molar-refractivity contribution in [3.05, 3.63) is 95.6 Å². The molecule has 2 amide bonds. The van der Waals surface area contributed by atoms with Gasteiger partial charge in [-0.15, -0.1) is 0 Å². The van der Waals surface area contributed by atoms with Crippen LogP contribution in [0, 0.1) is 12.8 Å². The summed E-state index contributed by atoms with van der Waals surface area (Å²) in [5, 5.41) is 2.68. The maximum atomic E-state index is 13.5. The number of alkyl halides is 3. The van der Waals surface area contributed by atoms with Crippen LogP contribution in [0.1, 0.15) is 34.3 Å². The first-order chi connectivity index (χ1) is 17.2. The Bertz CT molecular complexity index is 1220. The van der Waals surface area contributed by atoms with Crippen molar-refractivity contribution < 1.29 is 22.8 Å². The molecule has 3 aromatic rings. The van der Waals surface area contributed by atoms with Crippen LogP contribution in [-0.2, 0) is 11.0 Å². The van der Waals surface area contributed by atoms with Gasteiger partial charge < -0.3 is 15.1 Å². The number of hydrogen-bond acceptors (Lipinski definition) is 3. The van der Waals surface area contributed by atoms with Crippen LogP contribution in [0.2, 0.25) is 0 Å². The van der Waals surface area contributed by atoms with Gasteiger partial charge in [0.05, 0.1) is 11.5 Å². The van der Waals surface area contributed by atoms with E-state index in [2.05, 4.69) is 5.32 Å². The highest BCUT2D eigenvalue weighted by Gasteiger charge is 2.41. The number of carbonyl (C=O) groups is 2. The molecule has 4 rings (SSSR count). The predicted octanol–water partition coefficient (Wildman–Crippen LogP) is 5.97. The van der Waals surface area contributed by atoms with Gasteiger partial charge >= 0.3 is 6.18 Å². The number of aryl methyl sites for hydroxylation is 1. The van der Waals surface area contributed by atoms with Crippen molar-refractivity contribution in [3.8, 4) is 0 Å². The molecule has 1 saturated heterocycles. The van der Waals surface area contributed by atoms with Crippen molar-refractivity contribution in [1.29, 1.82) is 0 Å². The van der Waals surface area contributed by atoms with Gasteiger partial charge in [0.2, 0.25) is 5.91 Å². The zero-order chi connectivity index (χ0) is 25.9. The second-order valence-electron chi connectivity index (χ2n) is 8.99. The Balaban J connectivity index is 1.67. The summed E-state index contributed by atoms with van der Waals surface area (Å²) in [6.07, 6.45) is -3.96. The lowest BCUT2D eigenvalue weighted by molar-refractivity contribution is -0.138. The number of para-hydroxylation sites is 1. The number of piperidine rings is 1. The van der Waals surface area contributed by atoms with Crippen LogP contribution in [0.4, 0.5) is 24.5 Å². The van der Waals surface area contributed by atoms with Gasteiger partial charge in [0.25, 0.3) is 5.91 Å². The highest BCUT2D eigenvalue weighted by molar-refractivity contribution is 5.97. The molecule has 0 spiro atoms. The molecule has 0 aromatic heterocycles. The standard InChI is InChI=1S/C28H28F3N3O2/c1-19-15-16-21(18-24(19)28(29,30)31)32-25(35)23-14-9-17-34(22-12-7-4-8-13-22)26(23)33(2)27(36)20-10-5-3-6-11-20/h3-8,10-13,15-16,18,23,26H,9,14,17H2,1-2H3,(H,32,35). The second-order valence-corrected chi connectivity index (χ2v) is 8.99. The van der Waals surface area contributed by atoms with Gasteiger partial charge in [-0.2, -0.15) is 13.2 Å². The van der Waals surface area contributed by atoms with E-state index in [0.29, 0.717) is 24.9 Å². The third-order valence-electron chi connectivity index (χ3n) is 6.57. The predicted molar refractivity (Wildman–Crippen MR) is 134 cm³/mol. The van der Waals surface area contributed by atoms with E-state index >= 15 is 0 Å². The van der Waals surface area contributed by atoms with Crippen LogP contribution < -0.4 is 10.2 Å². The molecule has 36 heavy (non-hydrogen) atoms. The van der Waals surface area contributed by atoms with Crippen molar-refractivity contribution in [1.82, 2.24) is 4.90 Å². The minimum Gasteiger partial charge on any atom is -0.350 e. The van der Waals surface area contributed by atoms with Crippen LogP contribution in [0.3, 0.4) is 0 Å². The number of anilines is 2. The molecule has 5 nitrogen and oxygen atoms in total. The highest BCUT2D eigenvalue weighted by atomic mass is 19.4. The minimum absolute atomic E-state index is 0.0746. The number of carbonyl (C=O) groups excluding carboxylic acids is 2. The average Bonchev–Trinajstić information content (AvgIpc) is 2.88. The van der Waals surface area contributed by atoms with Crippen LogP contribution in [0.15, 0.2) is 78.9 Å². The van der Waals surface area contributed by atoms with E-state index in [0.717, 1.165) is 11.8 Å². The SMILES string of the molecule is Cc1ccc(NC(=O)C2CCCN(c3ccccc3)C2N(C)C(=O)c2ccccc2)cc1C(F)(F)F. The Morgan fingerprint density at radius 1 is 0.972 bits per heavy atom. The Labute approximate surface area is 208 Å². The molecule has 0 radical (unpaired) electrons. The molecular formula is C28H28F3N3O2. The highest BCUT2D eigenvalue weighted by Crippen LogP contribution is 2.35. The quantitative estimate of drug-likeness (QED) is 0.475. The molecule has 1 fully saturated rings. The van der Waals surface area contributed by atoms with Gasteiger partial charge in [0, 0.05) is 30.5 Å². The van der Waals surface area contributed by atoms with Crippen molar-refractivity contribution >= 4 is 23.2 Å². The molecule has 2 atom stereocenters.